The van der Waals surface area contributed by atoms with Crippen molar-refractivity contribution in [3.8, 4) is 0 Å². The van der Waals surface area contributed by atoms with Crippen LogP contribution >= 0.6 is 0 Å². The highest BCUT2D eigenvalue weighted by Gasteiger charge is 2.47. The molecule has 0 unspecified atom stereocenters. The van der Waals surface area contributed by atoms with Gasteiger partial charge in [-0.3, -0.25) is 10.1 Å². The monoisotopic (exact) mass is 223 g/mol. The average Bonchev–Trinajstić information content (AvgIpc) is 2.03. The second kappa shape index (κ2) is 6.88. The predicted molar refractivity (Wildman–Crippen MR) is 52.5 cm³/mol. The van der Waals surface area contributed by atoms with Crippen molar-refractivity contribution in [3.63, 3.8) is 0 Å². The van der Waals surface area contributed by atoms with Gasteiger partial charge in [-0.1, -0.05) is 0 Å². The van der Waals surface area contributed by atoms with Crippen LogP contribution in [0.2, 0.25) is 0 Å². The standard InChI is InChI=1S/C7H17NO5Si/c1-4-11-14(12-5-2,13-6-3)7-8(9)10/h4-7H2,1-3H3. The van der Waals surface area contributed by atoms with Crippen LogP contribution < -0.4 is 0 Å². The van der Waals surface area contributed by atoms with Gasteiger partial charge in [0.1, 0.15) is 0 Å². The Kier molecular flexibility index (Phi) is 6.63. The van der Waals surface area contributed by atoms with Crippen molar-refractivity contribution in [2.45, 2.75) is 20.8 Å². The Morgan fingerprint density at radius 1 is 1.07 bits per heavy atom. The van der Waals surface area contributed by atoms with Crippen LogP contribution in [0.3, 0.4) is 0 Å². The second-order valence-corrected chi connectivity index (χ2v) is 5.02. The molecule has 7 heteroatoms. The molecule has 0 heterocycles. The lowest BCUT2D eigenvalue weighted by atomic mass is 10.9. The maximum absolute atomic E-state index is 10.4. The molecular weight excluding hydrogens is 206 g/mol. The van der Waals surface area contributed by atoms with Gasteiger partial charge in [-0.25, -0.2) is 0 Å². The normalized spacial score (nSPS) is 11.6. The number of rotatable bonds is 8. The van der Waals surface area contributed by atoms with Crippen molar-refractivity contribution in [3.05, 3.63) is 10.1 Å². The van der Waals surface area contributed by atoms with Crippen molar-refractivity contribution in [1.82, 2.24) is 0 Å². The Labute approximate surface area is 84.7 Å². The van der Waals surface area contributed by atoms with Crippen LogP contribution in [0.25, 0.3) is 0 Å². The third-order valence-corrected chi connectivity index (χ3v) is 4.25. The Bertz CT molecular complexity index is 160. The lowest BCUT2D eigenvalue weighted by Gasteiger charge is -2.24. The summed E-state index contributed by atoms with van der Waals surface area (Å²) >= 11 is 0. The third kappa shape index (κ3) is 4.65. The molecule has 0 aromatic heterocycles. The summed E-state index contributed by atoms with van der Waals surface area (Å²) in [6.07, 6.45) is -0.373. The van der Waals surface area contributed by atoms with E-state index in [0.29, 0.717) is 19.8 Å². The van der Waals surface area contributed by atoms with Gasteiger partial charge in [0, 0.05) is 24.7 Å². The van der Waals surface area contributed by atoms with Gasteiger partial charge in [0.15, 0.2) is 0 Å². The van der Waals surface area contributed by atoms with Gasteiger partial charge in [-0.2, -0.15) is 0 Å². The quantitative estimate of drug-likeness (QED) is 0.346. The minimum absolute atomic E-state index is 0.361. The maximum Gasteiger partial charge on any atom is 0.576 e. The Balaban J connectivity index is 4.45. The van der Waals surface area contributed by atoms with Crippen LogP contribution in [0.1, 0.15) is 20.8 Å². The molecule has 0 aliphatic carbocycles. The lowest BCUT2D eigenvalue weighted by Crippen LogP contribution is -2.52. The first-order chi connectivity index (χ1) is 6.60. The van der Waals surface area contributed by atoms with E-state index in [-0.39, 0.29) is 6.17 Å². The van der Waals surface area contributed by atoms with Crippen LogP contribution in [-0.2, 0) is 13.3 Å². The summed E-state index contributed by atoms with van der Waals surface area (Å²) < 4.78 is 15.8. The smallest absolute Gasteiger partial charge is 0.370 e. The highest BCUT2D eigenvalue weighted by molar-refractivity contribution is 6.60. The first kappa shape index (κ1) is 13.5. The van der Waals surface area contributed by atoms with Gasteiger partial charge in [-0.05, 0) is 20.8 Å². The van der Waals surface area contributed by atoms with E-state index in [1.807, 2.05) is 0 Å². The number of nitro groups is 1. The van der Waals surface area contributed by atoms with Gasteiger partial charge in [-0.15, -0.1) is 0 Å². The van der Waals surface area contributed by atoms with Crippen molar-refractivity contribution in [2.75, 3.05) is 26.0 Å². The van der Waals surface area contributed by atoms with Crippen molar-refractivity contribution in [1.29, 1.82) is 0 Å². The zero-order valence-electron chi connectivity index (χ0n) is 8.82. The molecule has 0 aromatic rings. The molecule has 0 aliphatic heterocycles. The molecule has 0 bridgehead atoms. The fourth-order valence-electron chi connectivity index (χ4n) is 1.08. The first-order valence-corrected chi connectivity index (χ1v) is 6.57. The molecule has 0 rings (SSSR count). The minimum atomic E-state index is -3.06. The molecule has 0 fully saturated rings. The zero-order valence-corrected chi connectivity index (χ0v) is 9.82. The van der Waals surface area contributed by atoms with Crippen LogP contribution in [0.15, 0.2) is 0 Å². The molecule has 0 amide bonds. The molecule has 0 saturated heterocycles. The molecule has 0 spiro atoms. The lowest BCUT2D eigenvalue weighted by molar-refractivity contribution is -0.469. The van der Waals surface area contributed by atoms with Crippen molar-refractivity contribution < 1.29 is 18.2 Å². The summed E-state index contributed by atoms with van der Waals surface area (Å²) in [5, 5.41) is 10.4. The maximum atomic E-state index is 10.4. The molecule has 84 valence electrons. The van der Waals surface area contributed by atoms with E-state index in [4.69, 9.17) is 13.3 Å². The molecule has 0 aromatic carbocycles. The van der Waals surface area contributed by atoms with Gasteiger partial charge in [0.25, 0.3) is 6.17 Å². The number of nitrogens with zero attached hydrogens (tertiary/aromatic N) is 1. The fraction of sp³-hybridized carbons (Fsp3) is 1.00. The van der Waals surface area contributed by atoms with E-state index in [1.54, 1.807) is 20.8 Å². The van der Waals surface area contributed by atoms with E-state index >= 15 is 0 Å². The second-order valence-electron chi connectivity index (χ2n) is 2.47. The van der Waals surface area contributed by atoms with E-state index in [0.717, 1.165) is 0 Å². The molecule has 0 N–H and O–H groups in total. The third-order valence-electron chi connectivity index (χ3n) is 1.42. The highest BCUT2D eigenvalue weighted by atomic mass is 28.4. The van der Waals surface area contributed by atoms with Crippen molar-refractivity contribution in [2.24, 2.45) is 0 Å². The number of hydrogen-bond acceptors (Lipinski definition) is 5. The predicted octanol–water partition coefficient (Wildman–Crippen LogP) is 0.851. The summed E-state index contributed by atoms with van der Waals surface area (Å²) in [4.78, 5) is 9.99. The molecular formula is C7H17NO5Si. The topological polar surface area (TPSA) is 70.8 Å². The Morgan fingerprint density at radius 3 is 1.64 bits per heavy atom. The summed E-state index contributed by atoms with van der Waals surface area (Å²) in [5.41, 5.74) is 0. The average molecular weight is 223 g/mol. The summed E-state index contributed by atoms with van der Waals surface area (Å²) in [7, 11) is -3.06. The van der Waals surface area contributed by atoms with Crippen LogP contribution in [0.4, 0.5) is 0 Å². The fourth-order valence-corrected chi connectivity index (χ4v) is 3.24. The molecule has 0 aliphatic rings. The van der Waals surface area contributed by atoms with Gasteiger partial charge < -0.3 is 13.3 Å². The van der Waals surface area contributed by atoms with E-state index in [9.17, 15) is 10.1 Å². The van der Waals surface area contributed by atoms with Crippen LogP contribution in [0.5, 0.6) is 0 Å². The van der Waals surface area contributed by atoms with E-state index < -0.39 is 13.7 Å². The zero-order chi connectivity index (χ0) is 11.0. The summed E-state index contributed by atoms with van der Waals surface area (Å²) in [6, 6.07) is 0. The largest absolute Gasteiger partial charge is 0.576 e. The molecule has 0 atom stereocenters. The number of hydrogen-bond donors (Lipinski definition) is 0. The summed E-state index contributed by atoms with van der Waals surface area (Å²) in [6.45, 7) is 6.37. The Hall–Kier alpha value is -0.503. The van der Waals surface area contributed by atoms with Gasteiger partial charge in [0.05, 0.1) is 0 Å². The molecule has 6 nitrogen and oxygen atoms in total. The summed E-state index contributed by atoms with van der Waals surface area (Å²) in [5.74, 6) is 0. The highest BCUT2D eigenvalue weighted by Crippen LogP contribution is 2.10. The SMILES string of the molecule is CCO[Si](C[N+](=O)[O-])(OCC)OCC. The van der Waals surface area contributed by atoms with Crippen LogP contribution in [0, 0.1) is 10.1 Å². The van der Waals surface area contributed by atoms with Crippen LogP contribution in [-0.4, -0.2) is 39.7 Å². The minimum Gasteiger partial charge on any atom is -0.370 e. The van der Waals surface area contributed by atoms with E-state index in [2.05, 4.69) is 0 Å². The molecule has 0 radical (unpaired) electrons. The van der Waals surface area contributed by atoms with Crippen molar-refractivity contribution >= 4 is 8.80 Å². The Morgan fingerprint density at radius 2 is 1.43 bits per heavy atom. The molecule has 14 heavy (non-hydrogen) atoms. The molecule has 0 saturated carbocycles. The van der Waals surface area contributed by atoms with Gasteiger partial charge in [0.2, 0.25) is 0 Å². The first-order valence-electron chi connectivity index (χ1n) is 4.63. The van der Waals surface area contributed by atoms with E-state index in [1.165, 1.54) is 0 Å². The van der Waals surface area contributed by atoms with Gasteiger partial charge >= 0.3 is 8.80 Å².